The minimum atomic E-state index is 0.249. The molecule has 1 heterocycles. The zero-order valence-electron chi connectivity index (χ0n) is 11.7. The van der Waals surface area contributed by atoms with Crippen molar-refractivity contribution in [1.82, 2.24) is 9.80 Å². The van der Waals surface area contributed by atoms with E-state index in [9.17, 15) is 0 Å². The maximum atomic E-state index is 5.86. The van der Waals surface area contributed by atoms with Gasteiger partial charge in [0.2, 0.25) is 0 Å². The van der Waals surface area contributed by atoms with Gasteiger partial charge >= 0.3 is 0 Å². The Labute approximate surface area is 101 Å². The molecule has 2 N–H and O–H groups in total. The average molecular weight is 227 g/mol. The SMILES string of the molecule is CC(C)CCN1CC(CN)N(C)C(C)(C)C1. The van der Waals surface area contributed by atoms with E-state index in [2.05, 4.69) is 44.5 Å². The predicted octanol–water partition coefficient (Wildman–Crippen LogP) is 1.39. The van der Waals surface area contributed by atoms with Crippen LogP contribution in [0.3, 0.4) is 0 Å². The summed E-state index contributed by atoms with van der Waals surface area (Å²) >= 11 is 0. The van der Waals surface area contributed by atoms with Crippen molar-refractivity contribution >= 4 is 0 Å². The fourth-order valence-corrected chi connectivity index (χ4v) is 2.48. The molecule has 0 spiro atoms. The van der Waals surface area contributed by atoms with Crippen molar-refractivity contribution < 1.29 is 0 Å². The normalized spacial score (nSPS) is 27.6. The van der Waals surface area contributed by atoms with Crippen molar-refractivity contribution in [2.24, 2.45) is 11.7 Å². The third-order valence-electron chi connectivity index (χ3n) is 3.88. The van der Waals surface area contributed by atoms with Gasteiger partial charge in [0.25, 0.3) is 0 Å². The van der Waals surface area contributed by atoms with Crippen LogP contribution in [0.15, 0.2) is 0 Å². The molecule has 1 saturated heterocycles. The van der Waals surface area contributed by atoms with Crippen molar-refractivity contribution in [1.29, 1.82) is 0 Å². The van der Waals surface area contributed by atoms with E-state index in [0.717, 1.165) is 25.6 Å². The van der Waals surface area contributed by atoms with Crippen LogP contribution in [0, 0.1) is 5.92 Å². The van der Waals surface area contributed by atoms with Crippen LogP contribution in [-0.4, -0.2) is 54.6 Å². The van der Waals surface area contributed by atoms with Gasteiger partial charge in [-0.1, -0.05) is 13.8 Å². The fraction of sp³-hybridized carbons (Fsp3) is 1.00. The lowest BCUT2D eigenvalue weighted by Gasteiger charge is -2.50. The highest BCUT2D eigenvalue weighted by Crippen LogP contribution is 2.23. The number of piperazine rings is 1. The molecule has 1 aliphatic heterocycles. The molecule has 96 valence electrons. The van der Waals surface area contributed by atoms with Crippen molar-refractivity contribution in [2.45, 2.75) is 45.7 Å². The molecule has 0 amide bonds. The maximum Gasteiger partial charge on any atom is 0.0348 e. The van der Waals surface area contributed by atoms with Crippen LogP contribution in [0.1, 0.15) is 34.1 Å². The van der Waals surface area contributed by atoms with E-state index in [0.29, 0.717) is 6.04 Å². The number of nitrogens with zero attached hydrogens (tertiary/aromatic N) is 2. The summed E-state index contributed by atoms with van der Waals surface area (Å²) in [6, 6.07) is 0.510. The van der Waals surface area contributed by atoms with Gasteiger partial charge in [0.15, 0.2) is 0 Å². The van der Waals surface area contributed by atoms with Gasteiger partial charge in [-0.2, -0.15) is 0 Å². The van der Waals surface area contributed by atoms with Crippen molar-refractivity contribution in [3.05, 3.63) is 0 Å². The number of rotatable bonds is 4. The number of hydrogen-bond acceptors (Lipinski definition) is 3. The first kappa shape index (κ1) is 13.9. The molecule has 0 aromatic carbocycles. The third kappa shape index (κ3) is 3.44. The predicted molar refractivity (Wildman–Crippen MR) is 70.6 cm³/mol. The highest BCUT2D eigenvalue weighted by Gasteiger charge is 2.36. The Morgan fingerprint density at radius 2 is 2.00 bits per heavy atom. The van der Waals surface area contributed by atoms with Gasteiger partial charge in [-0.3, -0.25) is 9.80 Å². The molecule has 0 aromatic heterocycles. The van der Waals surface area contributed by atoms with Gasteiger partial charge in [-0.25, -0.2) is 0 Å². The van der Waals surface area contributed by atoms with E-state index in [1.807, 2.05) is 0 Å². The quantitative estimate of drug-likeness (QED) is 0.788. The molecule has 3 heteroatoms. The van der Waals surface area contributed by atoms with Crippen LogP contribution in [0.25, 0.3) is 0 Å². The highest BCUT2D eigenvalue weighted by atomic mass is 15.3. The van der Waals surface area contributed by atoms with E-state index >= 15 is 0 Å². The molecular weight excluding hydrogens is 198 g/mol. The van der Waals surface area contributed by atoms with Gasteiger partial charge in [-0.05, 0) is 39.8 Å². The molecule has 1 aliphatic rings. The average Bonchev–Trinajstić information content (AvgIpc) is 2.19. The molecule has 3 nitrogen and oxygen atoms in total. The number of likely N-dealkylation sites (N-methyl/N-ethyl adjacent to an activating group) is 1. The summed E-state index contributed by atoms with van der Waals surface area (Å²) < 4.78 is 0. The molecule has 16 heavy (non-hydrogen) atoms. The summed E-state index contributed by atoms with van der Waals surface area (Å²) in [4.78, 5) is 5.02. The maximum absolute atomic E-state index is 5.86. The number of hydrogen-bond donors (Lipinski definition) is 1. The lowest BCUT2D eigenvalue weighted by molar-refractivity contribution is -0.00420. The molecule has 0 aliphatic carbocycles. The molecular formula is C13H29N3. The minimum Gasteiger partial charge on any atom is -0.329 e. The summed E-state index contributed by atoms with van der Waals surface area (Å²) in [5.41, 5.74) is 6.11. The molecule has 0 saturated carbocycles. The Balaban J connectivity index is 2.56. The van der Waals surface area contributed by atoms with E-state index in [1.54, 1.807) is 0 Å². The third-order valence-corrected chi connectivity index (χ3v) is 3.88. The van der Waals surface area contributed by atoms with Crippen molar-refractivity contribution in [3.8, 4) is 0 Å². The Hall–Kier alpha value is -0.120. The van der Waals surface area contributed by atoms with Crippen LogP contribution in [-0.2, 0) is 0 Å². The summed E-state index contributed by atoms with van der Waals surface area (Å²) in [5, 5.41) is 0. The molecule has 0 bridgehead atoms. The Morgan fingerprint density at radius 3 is 2.50 bits per heavy atom. The topological polar surface area (TPSA) is 32.5 Å². The fourth-order valence-electron chi connectivity index (χ4n) is 2.48. The van der Waals surface area contributed by atoms with Crippen LogP contribution in [0.2, 0.25) is 0 Å². The van der Waals surface area contributed by atoms with Crippen LogP contribution in [0.5, 0.6) is 0 Å². The van der Waals surface area contributed by atoms with E-state index < -0.39 is 0 Å². The molecule has 1 atom stereocenters. The second-order valence-electron chi connectivity index (χ2n) is 6.23. The minimum absolute atomic E-state index is 0.249. The first-order valence-corrected chi connectivity index (χ1v) is 6.52. The van der Waals surface area contributed by atoms with E-state index in [4.69, 9.17) is 5.73 Å². The second kappa shape index (κ2) is 5.48. The Kier molecular flexibility index (Phi) is 4.77. The van der Waals surface area contributed by atoms with Crippen LogP contribution < -0.4 is 5.73 Å². The lowest BCUT2D eigenvalue weighted by atomic mass is 9.95. The smallest absolute Gasteiger partial charge is 0.0348 e. The zero-order chi connectivity index (χ0) is 12.3. The lowest BCUT2D eigenvalue weighted by Crippen LogP contribution is -2.64. The van der Waals surface area contributed by atoms with E-state index in [-0.39, 0.29) is 5.54 Å². The first-order valence-electron chi connectivity index (χ1n) is 6.52. The summed E-state index contributed by atoms with van der Waals surface area (Å²) in [7, 11) is 2.21. The summed E-state index contributed by atoms with van der Waals surface area (Å²) in [6.45, 7) is 13.5. The molecule has 1 unspecified atom stereocenters. The molecule has 0 radical (unpaired) electrons. The first-order chi connectivity index (χ1) is 7.36. The second-order valence-corrected chi connectivity index (χ2v) is 6.23. The summed E-state index contributed by atoms with van der Waals surface area (Å²) in [5.74, 6) is 0.791. The molecule has 0 aromatic rings. The van der Waals surface area contributed by atoms with Gasteiger partial charge in [0.05, 0.1) is 0 Å². The Morgan fingerprint density at radius 1 is 1.38 bits per heavy atom. The molecule has 1 rings (SSSR count). The Bertz CT molecular complexity index is 213. The van der Waals surface area contributed by atoms with Gasteiger partial charge in [0, 0.05) is 31.2 Å². The monoisotopic (exact) mass is 227 g/mol. The standard InChI is InChI=1S/C13H29N3/c1-11(2)6-7-16-9-12(8-14)15(5)13(3,4)10-16/h11-12H,6-10,14H2,1-5H3. The largest absolute Gasteiger partial charge is 0.329 e. The highest BCUT2D eigenvalue weighted by molar-refractivity contribution is 4.94. The zero-order valence-corrected chi connectivity index (χ0v) is 11.7. The van der Waals surface area contributed by atoms with Gasteiger partial charge in [0.1, 0.15) is 0 Å². The van der Waals surface area contributed by atoms with Gasteiger partial charge < -0.3 is 5.73 Å². The summed E-state index contributed by atoms with van der Waals surface area (Å²) in [6.07, 6.45) is 1.29. The van der Waals surface area contributed by atoms with Gasteiger partial charge in [-0.15, -0.1) is 0 Å². The van der Waals surface area contributed by atoms with Crippen LogP contribution in [0.4, 0.5) is 0 Å². The van der Waals surface area contributed by atoms with Crippen molar-refractivity contribution in [3.63, 3.8) is 0 Å². The number of nitrogens with two attached hydrogens (primary N) is 1. The van der Waals surface area contributed by atoms with Crippen molar-refractivity contribution in [2.75, 3.05) is 33.2 Å². The molecule has 1 fully saturated rings. The van der Waals surface area contributed by atoms with Crippen LogP contribution >= 0.6 is 0 Å². The van der Waals surface area contributed by atoms with E-state index in [1.165, 1.54) is 13.0 Å².